The predicted octanol–water partition coefficient (Wildman–Crippen LogP) is 14.6. The van der Waals surface area contributed by atoms with Gasteiger partial charge < -0.3 is 4.42 Å². The molecule has 0 bridgehead atoms. The molecule has 11 aromatic rings. The maximum atomic E-state index is 6.73. The molecule has 0 fully saturated rings. The first-order valence-electron chi connectivity index (χ1n) is 20.5. The number of furan rings is 1. The smallest absolute Gasteiger partial charge is 0.180 e. The van der Waals surface area contributed by atoms with E-state index in [1.807, 2.05) is 24.3 Å². The van der Waals surface area contributed by atoms with Gasteiger partial charge in [-0.1, -0.05) is 188 Å². The van der Waals surface area contributed by atoms with Gasteiger partial charge in [-0.25, -0.2) is 9.97 Å². The lowest BCUT2D eigenvalue weighted by atomic mass is 9.67. The summed E-state index contributed by atoms with van der Waals surface area (Å²) in [6, 6.07) is 78.3. The lowest BCUT2D eigenvalue weighted by Crippen LogP contribution is -2.28. The zero-order valence-corrected chi connectivity index (χ0v) is 32.6. The van der Waals surface area contributed by atoms with Gasteiger partial charge in [-0.05, 0) is 96.7 Å². The molecule has 0 aliphatic heterocycles. The minimum absolute atomic E-state index is 0.649. The Morgan fingerprint density at radius 1 is 0.383 bits per heavy atom. The minimum atomic E-state index is -0.649. The summed E-state index contributed by atoms with van der Waals surface area (Å²) in [4.78, 5) is 10.7. The highest BCUT2D eigenvalue weighted by molar-refractivity contribution is 6.10. The van der Waals surface area contributed by atoms with Crippen LogP contribution in [0, 0.1) is 0 Å². The Kier molecular flexibility index (Phi) is 7.76. The van der Waals surface area contributed by atoms with Crippen LogP contribution in [0.3, 0.4) is 0 Å². The van der Waals surface area contributed by atoms with Crippen LogP contribution in [0.5, 0.6) is 0 Å². The standard InChI is InChI=1S/C57H36N2O/c1-5-18-37(19-6-1)39-23-17-24-42(34-39)56-58-53(55-54(59-56)47-30-15-16-31-50(47)60-55)41-32-33-46-48(36-41)57(43-25-9-3-10-26-43,44-27-11-4-12-28-44)49-35-40-22-13-14-29-45(40)51(52(46)49)38-20-7-2-8-21-38/h1-36H. The van der Waals surface area contributed by atoms with Crippen molar-refractivity contribution in [2.45, 2.75) is 5.41 Å². The van der Waals surface area contributed by atoms with Crippen molar-refractivity contribution in [2.75, 3.05) is 0 Å². The second kappa shape index (κ2) is 13.6. The normalized spacial score (nSPS) is 12.8. The summed E-state index contributed by atoms with van der Waals surface area (Å²) < 4.78 is 6.73. The van der Waals surface area contributed by atoms with Crippen LogP contribution in [-0.2, 0) is 5.41 Å². The van der Waals surface area contributed by atoms with Crippen LogP contribution in [-0.4, -0.2) is 9.97 Å². The van der Waals surface area contributed by atoms with E-state index in [0.29, 0.717) is 11.4 Å². The van der Waals surface area contributed by atoms with Crippen LogP contribution in [0.25, 0.3) is 88.9 Å². The van der Waals surface area contributed by atoms with E-state index in [9.17, 15) is 0 Å². The van der Waals surface area contributed by atoms with Crippen molar-refractivity contribution in [1.82, 2.24) is 9.97 Å². The Bertz CT molecular complexity index is 3370. The van der Waals surface area contributed by atoms with Gasteiger partial charge in [0.05, 0.1) is 5.41 Å². The van der Waals surface area contributed by atoms with Crippen LogP contribution in [0.4, 0.5) is 0 Å². The summed E-state index contributed by atoms with van der Waals surface area (Å²) in [5.74, 6) is 0.653. The molecule has 0 atom stereocenters. The maximum Gasteiger partial charge on any atom is 0.180 e. The Morgan fingerprint density at radius 3 is 1.72 bits per heavy atom. The molecular weight excluding hydrogens is 729 g/mol. The van der Waals surface area contributed by atoms with Gasteiger partial charge in [-0.2, -0.15) is 0 Å². The lowest BCUT2D eigenvalue weighted by molar-refractivity contribution is 0.667. The van der Waals surface area contributed by atoms with E-state index < -0.39 is 5.41 Å². The molecule has 3 heteroatoms. The highest BCUT2D eigenvalue weighted by atomic mass is 16.3. The van der Waals surface area contributed by atoms with E-state index in [1.54, 1.807) is 0 Å². The number of hydrogen-bond donors (Lipinski definition) is 0. The van der Waals surface area contributed by atoms with Crippen molar-refractivity contribution >= 4 is 32.8 Å². The molecule has 1 aliphatic rings. The lowest BCUT2D eigenvalue weighted by Gasteiger charge is -2.34. The van der Waals surface area contributed by atoms with Gasteiger partial charge in [0.15, 0.2) is 11.4 Å². The molecule has 1 aliphatic carbocycles. The molecule has 0 saturated heterocycles. The molecule has 3 nitrogen and oxygen atoms in total. The van der Waals surface area contributed by atoms with Crippen LogP contribution in [0.15, 0.2) is 223 Å². The molecule has 9 aromatic carbocycles. The first-order valence-corrected chi connectivity index (χ1v) is 20.5. The van der Waals surface area contributed by atoms with Gasteiger partial charge in [0.1, 0.15) is 16.8 Å². The largest absolute Gasteiger partial charge is 0.452 e. The van der Waals surface area contributed by atoms with E-state index in [4.69, 9.17) is 14.4 Å². The molecular formula is C57H36N2O. The molecule has 0 saturated carbocycles. The molecule has 280 valence electrons. The Morgan fingerprint density at radius 2 is 0.983 bits per heavy atom. The average Bonchev–Trinajstić information content (AvgIpc) is 3.85. The van der Waals surface area contributed by atoms with Crippen LogP contribution in [0.2, 0.25) is 0 Å². The molecule has 0 radical (unpaired) electrons. The van der Waals surface area contributed by atoms with Crippen molar-refractivity contribution in [1.29, 1.82) is 0 Å². The fourth-order valence-electron chi connectivity index (χ4n) is 9.74. The van der Waals surface area contributed by atoms with Gasteiger partial charge in [0.2, 0.25) is 0 Å². The number of para-hydroxylation sites is 1. The summed E-state index contributed by atoms with van der Waals surface area (Å²) in [5.41, 5.74) is 16.3. The molecule has 0 spiro atoms. The monoisotopic (exact) mass is 764 g/mol. The van der Waals surface area contributed by atoms with Gasteiger partial charge in [-0.15, -0.1) is 0 Å². The summed E-state index contributed by atoms with van der Waals surface area (Å²) >= 11 is 0. The topological polar surface area (TPSA) is 38.9 Å². The third kappa shape index (κ3) is 5.16. The number of hydrogen-bond acceptors (Lipinski definition) is 3. The first-order chi connectivity index (χ1) is 29.8. The van der Waals surface area contributed by atoms with E-state index in [2.05, 4.69) is 194 Å². The molecule has 0 unspecified atom stereocenters. The predicted molar refractivity (Wildman–Crippen MR) is 246 cm³/mol. The van der Waals surface area contributed by atoms with Crippen molar-refractivity contribution in [2.24, 2.45) is 0 Å². The summed E-state index contributed by atoms with van der Waals surface area (Å²) in [5, 5.41) is 3.41. The zero-order valence-electron chi connectivity index (χ0n) is 32.6. The van der Waals surface area contributed by atoms with Crippen LogP contribution in [0.1, 0.15) is 22.3 Å². The van der Waals surface area contributed by atoms with E-state index in [-0.39, 0.29) is 0 Å². The van der Waals surface area contributed by atoms with Crippen molar-refractivity contribution in [3.05, 3.63) is 241 Å². The number of nitrogens with zero attached hydrogens (tertiary/aromatic N) is 2. The van der Waals surface area contributed by atoms with E-state index >= 15 is 0 Å². The molecule has 0 N–H and O–H groups in total. The van der Waals surface area contributed by atoms with Gasteiger partial charge in [0.25, 0.3) is 0 Å². The second-order valence-electron chi connectivity index (χ2n) is 15.6. The molecule has 2 heterocycles. The van der Waals surface area contributed by atoms with Crippen molar-refractivity contribution in [3.63, 3.8) is 0 Å². The highest BCUT2D eigenvalue weighted by Crippen LogP contribution is 2.60. The molecule has 12 rings (SSSR count). The molecule has 0 amide bonds. The molecule has 2 aromatic heterocycles. The minimum Gasteiger partial charge on any atom is -0.452 e. The van der Waals surface area contributed by atoms with Crippen LogP contribution < -0.4 is 0 Å². The van der Waals surface area contributed by atoms with Crippen LogP contribution >= 0.6 is 0 Å². The third-order valence-electron chi connectivity index (χ3n) is 12.3. The number of aromatic nitrogens is 2. The van der Waals surface area contributed by atoms with Crippen molar-refractivity contribution < 1.29 is 4.42 Å². The molecule has 60 heavy (non-hydrogen) atoms. The summed E-state index contributed by atoms with van der Waals surface area (Å²) in [6.45, 7) is 0. The van der Waals surface area contributed by atoms with Gasteiger partial charge in [0, 0.05) is 16.5 Å². The Labute approximate surface area is 347 Å². The summed E-state index contributed by atoms with van der Waals surface area (Å²) in [7, 11) is 0. The Hall–Kier alpha value is -7.88. The SMILES string of the molecule is c1ccc(-c2cccc(-c3nc(-c4ccc5c(c4)C(c4ccccc4)(c4ccccc4)c4cc6ccccc6c(-c6ccccc6)c4-5)c4oc5ccccc5c4n3)c2)cc1. The fourth-order valence-corrected chi connectivity index (χ4v) is 9.74. The highest BCUT2D eigenvalue weighted by Gasteiger charge is 2.47. The third-order valence-corrected chi connectivity index (χ3v) is 12.3. The summed E-state index contributed by atoms with van der Waals surface area (Å²) in [6.07, 6.45) is 0. The quantitative estimate of drug-likeness (QED) is 0.169. The first kappa shape index (κ1) is 34.2. The van der Waals surface area contributed by atoms with Gasteiger partial charge in [-0.3, -0.25) is 0 Å². The van der Waals surface area contributed by atoms with E-state index in [0.717, 1.165) is 44.4 Å². The zero-order chi connectivity index (χ0) is 39.6. The maximum absolute atomic E-state index is 6.73. The number of benzene rings is 9. The average molecular weight is 765 g/mol. The second-order valence-corrected chi connectivity index (χ2v) is 15.6. The van der Waals surface area contributed by atoms with Gasteiger partial charge >= 0.3 is 0 Å². The van der Waals surface area contributed by atoms with E-state index in [1.165, 1.54) is 55.3 Å². The number of fused-ring (bicyclic) bond motifs is 7. The Balaban J connectivity index is 1.18. The van der Waals surface area contributed by atoms with Crippen molar-refractivity contribution in [3.8, 4) is 56.0 Å². The fraction of sp³-hybridized carbons (Fsp3) is 0.0175. The number of rotatable bonds is 6.